The number of unbranched alkanes of at least 4 members (excludes halogenated alkanes) is 10. The molecule has 2 unspecified atom stereocenters. The van der Waals surface area contributed by atoms with Crippen molar-refractivity contribution in [2.24, 2.45) is 0 Å². The monoisotopic (exact) mass is 634 g/mol. The Bertz CT molecular complexity index is 683. The predicted molar refractivity (Wildman–Crippen MR) is 175 cm³/mol. The molecule has 0 aromatic rings. The number of carboxylic acids is 2. The van der Waals surface area contributed by atoms with Crippen LogP contribution in [0.4, 0.5) is 0 Å². The quantitative estimate of drug-likeness (QED) is 0.0666. The Morgan fingerprint density at radius 2 is 0.857 bits per heavy atom. The number of hydrogen-bond donors (Lipinski definition) is 4. The third-order valence-corrected chi connectivity index (χ3v) is 9.32. The summed E-state index contributed by atoms with van der Waals surface area (Å²) in [5, 5.41) is 24.2. The summed E-state index contributed by atoms with van der Waals surface area (Å²) in [5.74, 6) is -1.54. The third-order valence-electron chi connectivity index (χ3n) is 6.85. The van der Waals surface area contributed by atoms with Crippen LogP contribution in [0.2, 0.25) is 0 Å². The number of aliphatic carboxylic acids is 2. The molecule has 0 heterocycles. The molecule has 0 fully saturated rings. The minimum Gasteiger partial charge on any atom is -0.480 e. The normalized spacial score (nSPS) is 12.8. The zero-order valence-electron chi connectivity index (χ0n) is 26.5. The SMILES string of the molecule is CN(C)CCCCCCCCC(=O)NC(CCSSCCC(NC(=O)CCCCCCCCN(C)C)C(=O)O)C(=O)O. The summed E-state index contributed by atoms with van der Waals surface area (Å²) >= 11 is 0. The first kappa shape index (κ1) is 40.5. The fourth-order valence-electron chi connectivity index (χ4n) is 4.34. The van der Waals surface area contributed by atoms with Gasteiger partial charge in [0.1, 0.15) is 12.1 Å². The molecule has 0 spiro atoms. The van der Waals surface area contributed by atoms with Gasteiger partial charge in [-0.25, -0.2) is 9.59 Å². The molecule has 246 valence electrons. The zero-order chi connectivity index (χ0) is 31.6. The molecule has 12 heteroatoms. The van der Waals surface area contributed by atoms with Crippen LogP contribution < -0.4 is 10.6 Å². The highest BCUT2D eigenvalue weighted by Gasteiger charge is 2.21. The molecule has 0 bridgehead atoms. The van der Waals surface area contributed by atoms with E-state index in [1.54, 1.807) is 0 Å². The van der Waals surface area contributed by atoms with Gasteiger partial charge in [0.15, 0.2) is 0 Å². The predicted octanol–water partition coefficient (Wildman–Crippen LogP) is 4.87. The van der Waals surface area contributed by atoms with Crippen LogP contribution in [-0.2, 0) is 19.2 Å². The minimum atomic E-state index is -1.05. The summed E-state index contributed by atoms with van der Waals surface area (Å²) < 4.78 is 0. The van der Waals surface area contributed by atoms with Crippen molar-refractivity contribution in [2.45, 2.75) is 115 Å². The second-order valence-electron chi connectivity index (χ2n) is 11.5. The van der Waals surface area contributed by atoms with E-state index in [1.807, 2.05) is 0 Å². The Hall–Kier alpha value is -1.50. The highest BCUT2D eigenvalue weighted by Crippen LogP contribution is 2.24. The molecule has 10 nitrogen and oxygen atoms in total. The molecule has 0 radical (unpaired) electrons. The number of carboxylic acid groups (broad SMARTS) is 2. The van der Waals surface area contributed by atoms with Gasteiger partial charge < -0.3 is 30.6 Å². The van der Waals surface area contributed by atoms with Crippen molar-refractivity contribution >= 4 is 45.3 Å². The van der Waals surface area contributed by atoms with Crippen LogP contribution in [0.25, 0.3) is 0 Å². The van der Waals surface area contributed by atoms with Gasteiger partial charge >= 0.3 is 11.9 Å². The maximum Gasteiger partial charge on any atom is 0.326 e. The first-order valence-corrected chi connectivity index (χ1v) is 18.1. The van der Waals surface area contributed by atoms with Gasteiger partial charge in [0.2, 0.25) is 11.8 Å². The molecular weight excluding hydrogens is 576 g/mol. The summed E-state index contributed by atoms with van der Waals surface area (Å²) in [4.78, 5) is 51.9. The van der Waals surface area contributed by atoms with E-state index >= 15 is 0 Å². The molecule has 0 saturated carbocycles. The Labute approximate surface area is 262 Å². The molecule has 0 aliphatic carbocycles. The third kappa shape index (κ3) is 26.2. The number of amides is 2. The van der Waals surface area contributed by atoms with Gasteiger partial charge in [0, 0.05) is 24.3 Å². The van der Waals surface area contributed by atoms with Gasteiger partial charge in [-0.2, -0.15) is 0 Å². The lowest BCUT2D eigenvalue weighted by Crippen LogP contribution is -2.41. The molecular formula is C30H58N4O6S2. The second kappa shape index (κ2) is 27.1. The molecule has 0 aromatic heterocycles. The number of nitrogens with one attached hydrogen (secondary N) is 2. The van der Waals surface area contributed by atoms with E-state index in [4.69, 9.17) is 0 Å². The highest BCUT2D eigenvalue weighted by atomic mass is 33.1. The molecule has 0 aliphatic heterocycles. The standard InChI is InChI=1S/C30H58N4O6S2/c1-33(2)21-15-11-7-5-9-13-17-27(35)31-25(29(37)38)19-23-41-42-24-20-26(30(39)40)32-28(36)18-14-10-6-8-12-16-22-34(3)4/h25-26H,5-24H2,1-4H3,(H,31,35)(H,32,36)(H,37,38)(H,39,40). The van der Waals surface area contributed by atoms with Crippen LogP contribution in [0.3, 0.4) is 0 Å². The number of nitrogens with zero attached hydrogens (tertiary/aromatic N) is 2. The number of carbonyl (C=O) groups is 4. The molecule has 0 saturated heterocycles. The van der Waals surface area contributed by atoms with Gasteiger partial charge in [-0.15, -0.1) is 0 Å². The second-order valence-corrected chi connectivity index (χ2v) is 14.2. The van der Waals surface area contributed by atoms with E-state index in [-0.39, 0.29) is 11.8 Å². The van der Waals surface area contributed by atoms with Gasteiger partial charge in [-0.3, -0.25) is 9.59 Å². The average Bonchev–Trinajstić information content (AvgIpc) is 2.91. The van der Waals surface area contributed by atoms with Crippen molar-refractivity contribution in [3.05, 3.63) is 0 Å². The summed E-state index contributed by atoms with van der Waals surface area (Å²) in [6.07, 6.45) is 13.9. The summed E-state index contributed by atoms with van der Waals surface area (Å²) in [7, 11) is 11.2. The molecule has 42 heavy (non-hydrogen) atoms. The topological polar surface area (TPSA) is 139 Å². The molecule has 2 atom stereocenters. The lowest BCUT2D eigenvalue weighted by atomic mass is 10.1. The molecule has 0 aliphatic rings. The minimum absolute atomic E-state index is 0.229. The Morgan fingerprint density at radius 3 is 1.17 bits per heavy atom. The van der Waals surface area contributed by atoms with Crippen LogP contribution in [0.5, 0.6) is 0 Å². The maximum absolute atomic E-state index is 12.2. The van der Waals surface area contributed by atoms with Crippen molar-refractivity contribution in [3.8, 4) is 0 Å². The Balaban J connectivity index is 4.00. The van der Waals surface area contributed by atoms with Crippen LogP contribution in [0.15, 0.2) is 0 Å². The number of rotatable bonds is 29. The van der Waals surface area contributed by atoms with Crippen molar-refractivity contribution in [2.75, 3.05) is 52.8 Å². The van der Waals surface area contributed by atoms with Crippen molar-refractivity contribution in [3.63, 3.8) is 0 Å². The van der Waals surface area contributed by atoms with E-state index < -0.39 is 24.0 Å². The number of hydrogen-bond acceptors (Lipinski definition) is 8. The van der Waals surface area contributed by atoms with Crippen LogP contribution in [-0.4, -0.2) is 109 Å². The maximum atomic E-state index is 12.2. The smallest absolute Gasteiger partial charge is 0.326 e. The van der Waals surface area contributed by atoms with E-state index in [1.165, 1.54) is 47.3 Å². The fourth-order valence-corrected chi connectivity index (χ4v) is 6.52. The van der Waals surface area contributed by atoms with Gasteiger partial charge in [0.25, 0.3) is 0 Å². The van der Waals surface area contributed by atoms with Gasteiger partial charge in [-0.1, -0.05) is 73.0 Å². The van der Waals surface area contributed by atoms with Gasteiger partial charge in [-0.05, 0) is 79.8 Å². The van der Waals surface area contributed by atoms with E-state index in [0.29, 0.717) is 37.2 Å². The summed E-state index contributed by atoms with van der Waals surface area (Å²) in [6.45, 7) is 2.18. The largest absolute Gasteiger partial charge is 0.480 e. The first-order valence-electron chi connectivity index (χ1n) is 15.6. The lowest BCUT2D eigenvalue weighted by Gasteiger charge is -2.15. The van der Waals surface area contributed by atoms with Crippen molar-refractivity contribution in [1.82, 2.24) is 20.4 Å². The summed E-state index contributed by atoms with van der Waals surface area (Å²) in [5.41, 5.74) is 0. The van der Waals surface area contributed by atoms with E-state index in [2.05, 4.69) is 48.6 Å². The molecule has 0 rings (SSSR count). The van der Waals surface area contributed by atoms with Gasteiger partial charge in [0.05, 0.1) is 0 Å². The first-order chi connectivity index (χ1) is 20.0. The zero-order valence-corrected chi connectivity index (χ0v) is 28.2. The molecule has 0 aromatic carbocycles. The Kier molecular flexibility index (Phi) is 26.1. The van der Waals surface area contributed by atoms with Crippen molar-refractivity contribution < 1.29 is 29.4 Å². The van der Waals surface area contributed by atoms with E-state index in [0.717, 1.165) is 64.5 Å². The van der Waals surface area contributed by atoms with Crippen LogP contribution in [0.1, 0.15) is 103 Å². The Morgan fingerprint density at radius 1 is 0.548 bits per heavy atom. The molecule has 2 amide bonds. The van der Waals surface area contributed by atoms with E-state index in [9.17, 15) is 29.4 Å². The van der Waals surface area contributed by atoms with Crippen molar-refractivity contribution in [1.29, 1.82) is 0 Å². The van der Waals surface area contributed by atoms with Crippen LogP contribution >= 0.6 is 21.6 Å². The number of carbonyl (C=O) groups excluding carboxylic acids is 2. The lowest BCUT2D eigenvalue weighted by molar-refractivity contribution is -0.142. The fraction of sp³-hybridized carbons (Fsp3) is 0.867. The van der Waals surface area contributed by atoms with Crippen LogP contribution in [0, 0.1) is 0 Å². The summed E-state index contributed by atoms with van der Waals surface area (Å²) in [6, 6.07) is -1.86. The molecule has 4 N–H and O–H groups in total. The highest BCUT2D eigenvalue weighted by molar-refractivity contribution is 8.76. The average molecular weight is 635 g/mol.